The number of benzene rings is 3. The first-order chi connectivity index (χ1) is 17.2. The SMILES string of the molecule is O=c1c2c3nc4ccccc4nc3n(N=Cc3ccc(F)cc3)c2[nH+]cn1CCc1ccccc1. The van der Waals surface area contributed by atoms with Crippen molar-refractivity contribution in [1.29, 1.82) is 0 Å². The van der Waals surface area contributed by atoms with E-state index in [0.717, 1.165) is 12.0 Å². The number of hydrogen-bond acceptors (Lipinski definition) is 4. The van der Waals surface area contributed by atoms with Gasteiger partial charge in [-0.15, -0.1) is 9.78 Å². The Kier molecular flexibility index (Phi) is 5.11. The Hall–Kier alpha value is -4.72. The van der Waals surface area contributed by atoms with Crippen LogP contribution in [-0.2, 0) is 13.0 Å². The molecular weight excluding hydrogens is 443 g/mol. The van der Waals surface area contributed by atoms with Crippen LogP contribution in [0.3, 0.4) is 0 Å². The largest absolute Gasteiger partial charge is 0.322 e. The molecule has 35 heavy (non-hydrogen) atoms. The topological polar surface area (TPSA) is 79.2 Å². The van der Waals surface area contributed by atoms with Gasteiger partial charge in [-0.1, -0.05) is 54.6 Å². The van der Waals surface area contributed by atoms with Gasteiger partial charge in [0.25, 0.3) is 5.65 Å². The standard InChI is InChI=1S/C27H19FN6O/c28-20-12-10-19(11-13-20)16-30-34-25-23(24-26(34)32-22-9-5-4-8-21(22)31-24)27(35)33(17-29-25)15-14-18-6-2-1-3-7-18/h1-13,16-17H,14-15H2/p+1. The summed E-state index contributed by atoms with van der Waals surface area (Å²) in [5.41, 5.74) is 4.53. The molecule has 3 aromatic heterocycles. The third-order valence-electron chi connectivity index (χ3n) is 5.95. The van der Waals surface area contributed by atoms with Crippen molar-refractivity contribution in [2.24, 2.45) is 5.10 Å². The summed E-state index contributed by atoms with van der Waals surface area (Å²) in [6, 6.07) is 23.6. The Balaban J connectivity index is 1.53. The first-order valence-corrected chi connectivity index (χ1v) is 11.2. The molecule has 6 rings (SSSR count). The molecule has 3 heterocycles. The fraction of sp³-hybridized carbons (Fsp3) is 0.0741. The Labute approximate surface area is 198 Å². The number of aromatic amines is 1. The summed E-state index contributed by atoms with van der Waals surface area (Å²) in [5.74, 6) is -0.319. The van der Waals surface area contributed by atoms with E-state index in [4.69, 9.17) is 9.97 Å². The lowest BCUT2D eigenvalue weighted by Crippen LogP contribution is -2.27. The highest BCUT2D eigenvalue weighted by atomic mass is 19.1. The summed E-state index contributed by atoms with van der Waals surface area (Å²) in [5, 5.41) is 5.00. The second-order valence-corrected chi connectivity index (χ2v) is 8.22. The molecule has 1 N–H and O–H groups in total. The zero-order valence-electron chi connectivity index (χ0n) is 18.6. The van der Waals surface area contributed by atoms with E-state index in [0.29, 0.717) is 45.3 Å². The minimum atomic E-state index is -0.319. The van der Waals surface area contributed by atoms with Gasteiger partial charge in [-0.3, -0.25) is 0 Å². The molecule has 3 aromatic carbocycles. The van der Waals surface area contributed by atoms with Crippen LogP contribution in [-0.4, -0.2) is 25.4 Å². The number of rotatable bonds is 5. The number of aromatic nitrogens is 5. The minimum Gasteiger partial charge on any atom is -0.250 e. The molecule has 0 saturated heterocycles. The zero-order valence-corrected chi connectivity index (χ0v) is 18.6. The molecule has 0 spiro atoms. The molecule has 0 aliphatic rings. The normalized spacial score (nSPS) is 11.8. The molecule has 0 unspecified atom stereocenters. The number of halogens is 1. The van der Waals surface area contributed by atoms with Gasteiger partial charge in [0.1, 0.15) is 11.3 Å². The predicted molar refractivity (Wildman–Crippen MR) is 133 cm³/mol. The first kappa shape index (κ1) is 20.9. The van der Waals surface area contributed by atoms with Gasteiger partial charge in [-0.2, -0.15) is 0 Å². The van der Waals surface area contributed by atoms with Crippen molar-refractivity contribution in [3.05, 3.63) is 112 Å². The van der Waals surface area contributed by atoms with Gasteiger partial charge in [0.2, 0.25) is 5.65 Å². The van der Waals surface area contributed by atoms with Crippen LogP contribution in [0.1, 0.15) is 11.1 Å². The maximum atomic E-state index is 13.6. The lowest BCUT2D eigenvalue weighted by Gasteiger charge is -2.02. The number of H-pyrrole nitrogens is 1. The van der Waals surface area contributed by atoms with Crippen molar-refractivity contribution in [1.82, 2.24) is 19.2 Å². The second kappa shape index (κ2) is 8.57. The molecule has 0 aliphatic carbocycles. The lowest BCUT2D eigenvalue weighted by atomic mass is 10.1. The smallest absolute Gasteiger partial charge is 0.250 e. The molecule has 6 aromatic rings. The monoisotopic (exact) mass is 463 g/mol. The number of para-hydroxylation sites is 2. The molecule has 170 valence electrons. The fourth-order valence-electron chi connectivity index (χ4n) is 4.15. The van der Waals surface area contributed by atoms with Gasteiger partial charge in [0, 0.05) is 6.42 Å². The zero-order chi connectivity index (χ0) is 23.8. The highest BCUT2D eigenvalue weighted by Crippen LogP contribution is 2.23. The van der Waals surface area contributed by atoms with Gasteiger partial charge in [-0.25, -0.2) is 28.7 Å². The summed E-state index contributed by atoms with van der Waals surface area (Å²) in [7, 11) is 0. The number of fused-ring (bicyclic) bond motifs is 4. The summed E-state index contributed by atoms with van der Waals surface area (Å²) in [6.07, 6.45) is 3.98. The average Bonchev–Trinajstić information content (AvgIpc) is 3.20. The van der Waals surface area contributed by atoms with Crippen LogP contribution in [0.5, 0.6) is 0 Å². The van der Waals surface area contributed by atoms with Crippen molar-refractivity contribution in [3.63, 3.8) is 0 Å². The van der Waals surface area contributed by atoms with Crippen LogP contribution in [0.4, 0.5) is 4.39 Å². The molecule has 7 nitrogen and oxygen atoms in total. The summed E-state index contributed by atoms with van der Waals surface area (Å²) in [6.45, 7) is 0.516. The minimum absolute atomic E-state index is 0.167. The molecule has 0 atom stereocenters. The second-order valence-electron chi connectivity index (χ2n) is 8.22. The molecule has 0 radical (unpaired) electrons. The maximum Gasteiger partial charge on any atom is 0.322 e. The highest BCUT2D eigenvalue weighted by molar-refractivity contribution is 6.03. The van der Waals surface area contributed by atoms with Gasteiger partial charge >= 0.3 is 5.56 Å². The summed E-state index contributed by atoms with van der Waals surface area (Å²) < 4.78 is 16.5. The van der Waals surface area contributed by atoms with Crippen molar-refractivity contribution in [2.45, 2.75) is 13.0 Å². The Morgan fingerprint density at radius 2 is 1.63 bits per heavy atom. The average molecular weight is 463 g/mol. The van der Waals surface area contributed by atoms with Crippen molar-refractivity contribution in [2.75, 3.05) is 0 Å². The van der Waals surface area contributed by atoms with Crippen molar-refractivity contribution in [3.8, 4) is 0 Å². The maximum absolute atomic E-state index is 13.6. The molecule has 8 heteroatoms. The molecule has 0 bridgehead atoms. The Bertz CT molecular complexity index is 1770. The van der Waals surface area contributed by atoms with Crippen molar-refractivity contribution >= 4 is 39.4 Å². The van der Waals surface area contributed by atoms with Crippen LogP contribution in [0.25, 0.3) is 33.2 Å². The number of nitrogens with zero attached hydrogens (tertiary/aromatic N) is 5. The van der Waals surface area contributed by atoms with Crippen LogP contribution >= 0.6 is 0 Å². The van der Waals surface area contributed by atoms with Gasteiger partial charge in [-0.05, 0) is 35.4 Å². The molecule has 0 amide bonds. The third kappa shape index (κ3) is 3.85. The van der Waals surface area contributed by atoms with E-state index in [1.807, 2.05) is 54.6 Å². The summed E-state index contributed by atoms with van der Waals surface area (Å²) >= 11 is 0. The van der Waals surface area contributed by atoms with Crippen LogP contribution < -0.4 is 10.5 Å². The third-order valence-corrected chi connectivity index (χ3v) is 5.95. The van der Waals surface area contributed by atoms with E-state index in [2.05, 4.69) is 10.1 Å². The fourth-order valence-corrected chi connectivity index (χ4v) is 4.15. The summed E-state index contributed by atoms with van der Waals surface area (Å²) in [4.78, 5) is 26.4. The Morgan fingerprint density at radius 3 is 2.40 bits per heavy atom. The van der Waals surface area contributed by atoms with Crippen LogP contribution in [0.15, 0.2) is 95.1 Å². The number of nitrogens with one attached hydrogen (secondary N) is 1. The van der Waals surface area contributed by atoms with Crippen LogP contribution in [0.2, 0.25) is 0 Å². The quantitative estimate of drug-likeness (QED) is 0.363. The number of aryl methyl sites for hydroxylation is 2. The molecular formula is C27H20FN6O+. The van der Waals surface area contributed by atoms with E-state index in [1.54, 1.807) is 33.9 Å². The Morgan fingerprint density at radius 1 is 0.914 bits per heavy atom. The van der Waals surface area contributed by atoms with Gasteiger partial charge in [0.05, 0.1) is 23.8 Å². The van der Waals surface area contributed by atoms with Gasteiger partial charge < -0.3 is 0 Å². The molecule has 0 fully saturated rings. The first-order valence-electron chi connectivity index (χ1n) is 11.2. The molecule has 0 aliphatic heterocycles. The van der Waals surface area contributed by atoms with E-state index in [-0.39, 0.29) is 11.4 Å². The highest BCUT2D eigenvalue weighted by Gasteiger charge is 2.24. The predicted octanol–water partition coefficient (Wildman–Crippen LogP) is 3.98. The van der Waals surface area contributed by atoms with E-state index >= 15 is 0 Å². The van der Waals surface area contributed by atoms with E-state index < -0.39 is 0 Å². The molecule has 0 saturated carbocycles. The number of hydrogen-bond donors (Lipinski definition) is 0. The van der Waals surface area contributed by atoms with E-state index in [9.17, 15) is 9.18 Å². The van der Waals surface area contributed by atoms with Crippen LogP contribution in [0, 0.1) is 5.82 Å². The van der Waals surface area contributed by atoms with E-state index in [1.165, 1.54) is 12.1 Å². The van der Waals surface area contributed by atoms with Gasteiger partial charge in [0.15, 0.2) is 11.7 Å². The lowest BCUT2D eigenvalue weighted by molar-refractivity contribution is -0.357. The van der Waals surface area contributed by atoms with Crippen molar-refractivity contribution < 1.29 is 9.37 Å².